The Morgan fingerprint density at radius 2 is 1.61 bits per heavy atom. The summed E-state index contributed by atoms with van der Waals surface area (Å²) in [5, 5.41) is 0. The van der Waals surface area contributed by atoms with Gasteiger partial charge in [-0.25, -0.2) is 9.29 Å². The van der Waals surface area contributed by atoms with Crippen LogP contribution in [0.15, 0.2) is 54.2 Å². The number of rotatable bonds is 5. The summed E-state index contributed by atoms with van der Waals surface area (Å²) in [6.07, 6.45) is 0. The Morgan fingerprint density at radius 3 is 2.23 bits per heavy atom. The molecule has 7 heteroatoms. The van der Waals surface area contributed by atoms with Gasteiger partial charge >= 0.3 is 0 Å². The van der Waals surface area contributed by atoms with Crippen LogP contribution >= 0.6 is 0 Å². The first kappa shape index (κ1) is 21.1. The molecular formula is C24H27FN4O2. The number of amides is 2. The highest BCUT2D eigenvalue weighted by Gasteiger charge is 2.43. The largest absolute Gasteiger partial charge is 0.378 e. The van der Waals surface area contributed by atoms with E-state index in [1.54, 1.807) is 18.2 Å². The van der Waals surface area contributed by atoms with E-state index in [1.165, 1.54) is 17.0 Å². The average Bonchev–Trinajstić information content (AvgIpc) is 3.04. The Kier molecular flexibility index (Phi) is 5.78. The fraction of sp³-hybridized carbons (Fsp3) is 0.333. The Balaban J connectivity index is 1.77. The van der Waals surface area contributed by atoms with Gasteiger partial charge < -0.3 is 14.7 Å². The number of halogens is 1. The second-order valence-electron chi connectivity index (χ2n) is 8.01. The lowest BCUT2D eigenvalue weighted by atomic mass is 10.0. The van der Waals surface area contributed by atoms with Gasteiger partial charge in [0.05, 0.1) is 11.3 Å². The first-order valence-electron chi connectivity index (χ1n) is 10.5. The van der Waals surface area contributed by atoms with Crippen molar-refractivity contribution in [2.24, 2.45) is 0 Å². The van der Waals surface area contributed by atoms with Crippen molar-refractivity contribution in [3.63, 3.8) is 0 Å². The molecule has 2 amide bonds. The van der Waals surface area contributed by atoms with Crippen molar-refractivity contribution in [3.8, 4) is 0 Å². The molecule has 0 atom stereocenters. The molecule has 1 saturated heterocycles. The van der Waals surface area contributed by atoms with Crippen LogP contribution in [0.25, 0.3) is 5.57 Å². The smallest absolute Gasteiger partial charge is 0.282 e. The third-order valence-corrected chi connectivity index (χ3v) is 5.93. The number of benzene rings is 2. The van der Waals surface area contributed by atoms with Gasteiger partial charge in [0, 0.05) is 46.0 Å². The number of hydrogen-bond donors (Lipinski definition) is 0. The molecule has 0 N–H and O–H groups in total. The summed E-state index contributed by atoms with van der Waals surface area (Å²) in [7, 11) is 3.82. The lowest BCUT2D eigenvalue weighted by molar-refractivity contribution is -0.120. The van der Waals surface area contributed by atoms with Crippen LogP contribution in [0.1, 0.15) is 12.5 Å². The average molecular weight is 423 g/mol. The molecule has 0 radical (unpaired) electrons. The summed E-state index contributed by atoms with van der Waals surface area (Å²) < 4.78 is 13.5. The standard InChI is InChI=1S/C24H27FN4O2/c1-4-27-12-14-28(15-13-27)22-21(17-8-10-18(25)11-9-17)23(30)29(24(22)31)20-7-5-6-19(16-20)26(2)3/h5-11,16H,4,12-15H2,1-3H3. The molecular weight excluding hydrogens is 395 g/mol. The predicted octanol–water partition coefficient (Wildman–Crippen LogP) is 2.81. The van der Waals surface area contributed by atoms with E-state index in [-0.39, 0.29) is 17.6 Å². The van der Waals surface area contributed by atoms with E-state index in [0.717, 1.165) is 25.3 Å². The van der Waals surface area contributed by atoms with Crippen LogP contribution in [0.3, 0.4) is 0 Å². The number of likely N-dealkylation sites (N-methyl/N-ethyl adjacent to an activating group) is 1. The molecule has 0 aliphatic carbocycles. The highest BCUT2D eigenvalue weighted by Crippen LogP contribution is 2.36. The van der Waals surface area contributed by atoms with E-state index >= 15 is 0 Å². The van der Waals surface area contributed by atoms with E-state index in [0.29, 0.717) is 35.6 Å². The van der Waals surface area contributed by atoms with Crippen LogP contribution in [0.2, 0.25) is 0 Å². The molecule has 6 nitrogen and oxygen atoms in total. The van der Waals surface area contributed by atoms with Gasteiger partial charge in [-0.1, -0.05) is 25.1 Å². The molecule has 31 heavy (non-hydrogen) atoms. The number of nitrogens with zero attached hydrogens (tertiary/aromatic N) is 4. The molecule has 2 aliphatic heterocycles. The zero-order chi connectivity index (χ0) is 22.1. The molecule has 2 heterocycles. The number of carbonyl (C=O) groups is 2. The first-order valence-corrected chi connectivity index (χ1v) is 10.5. The van der Waals surface area contributed by atoms with Gasteiger partial charge in [-0.15, -0.1) is 0 Å². The van der Waals surface area contributed by atoms with E-state index in [4.69, 9.17) is 0 Å². The van der Waals surface area contributed by atoms with Gasteiger partial charge in [-0.3, -0.25) is 9.59 Å². The molecule has 4 rings (SSSR count). The zero-order valence-corrected chi connectivity index (χ0v) is 18.1. The highest BCUT2D eigenvalue weighted by atomic mass is 19.1. The summed E-state index contributed by atoms with van der Waals surface area (Å²) in [6.45, 7) is 6.05. The Labute approximate surface area is 182 Å². The van der Waals surface area contributed by atoms with Gasteiger partial charge in [-0.2, -0.15) is 0 Å². The van der Waals surface area contributed by atoms with Crippen molar-refractivity contribution in [1.29, 1.82) is 0 Å². The molecule has 0 bridgehead atoms. The molecule has 1 fully saturated rings. The van der Waals surface area contributed by atoms with Crippen LogP contribution in [0.5, 0.6) is 0 Å². The summed E-state index contributed by atoms with van der Waals surface area (Å²) in [6, 6.07) is 13.1. The second kappa shape index (κ2) is 8.51. The van der Waals surface area contributed by atoms with Crippen LogP contribution in [-0.4, -0.2) is 68.4 Å². The van der Waals surface area contributed by atoms with Crippen LogP contribution < -0.4 is 9.80 Å². The van der Waals surface area contributed by atoms with Crippen molar-refractivity contribution in [2.75, 3.05) is 56.6 Å². The number of anilines is 2. The van der Waals surface area contributed by atoms with E-state index in [1.807, 2.05) is 42.1 Å². The second-order valence-corrected chi connectivity index (χ2v) is 8.01. The number of hydrogen-bond acceptors (Lipinski definition) is 5. The van der Waals surface area contributed by atoms with Crippen molar-refractivity contribution >= 4 is 28.8 Å². The van der Waals surface area contributed by atoms with E-state index in [9.17, 15) is 14.0 Å². The molecule has 162 valence electrons. The van der Waals surface area contributed by atoms with Gasteiger partial charge in [0.2, 0.25) is 0 Å². The lowest BCUT2D eigenvalue weighted by Gasteiger charge is -2.36. The van der Waals surface area contributed by atoms with Crippen LogP contribution in [-0.2, 0) is 9.59 Å². The normalized spacial score (nSPS) is 17.7. The zero-order valence-electron chi connectivity index (χ0n) is 18.1. The van der Waals surface area contributed by atoms with Gasteiger partial charge in [0.1, 0.15) is 11.5 Å². The van der Waals surface area contributed by atoms with Gasteiger partial charge in [0.15, 0.2) is 0 Å². The van der Waals surface area contributed by atoms with Crippen molar-refractivity contribution in [1.82, 2.24) is 9.80 Å². The summed E-state index contributed by atoms with van der Waals surface area (Å²) in [4.78, 5) is 34.6. The third-order valence-electron chi connectivity index (χ3n) is 5.93. The minimum absolute atomic E-state index is 0.329. The molecule has 2 aromatic rings. The fourth-order valence-corrected chi connectivity index (χ4v) is 4.12. The highest BCUT2D eigenvalue weighted by molar-refractivity contribution is 6.45. The summed E-state index contributed by atoms with van der Waals surface area (Å²) in [5.41, 5.74) is 2.72. The maximum absolute atomic E-state index is 13.6. The number of piperazine rings is 1. The van der Waals surface area contributed by atoms with Crippen molar-refractivity contribution < 1.29 is 14.0 Å². The number of carbonyl (C=O) groups excluding carboxylic acids is 2. The SMILES string of the molecule is CCN1CCN(C2=C(c3ccc(F)cc3)C(=O)N(c3cccc(N(C)C)c3)C2=O)CC1. The Bertz CT molecular complexity index is 1020. The third kappa shape index (κ3) is 3.93. The minimum Gasteiger partial charge on any atom is -0.378 e. The molecule has 2 aromatic carbocycles. The quantitative estimate of drug-likeness (QED) is 0.694. The lowest BCUT2D eigenvalue weighted by Crippen LogP contribution is -2.47. The Hall–Kier alpha value is -3.19. The Morgan fingerprint density at radius 1 is 0.935 bits per heavy atom. The molecule has 0 saturated carbocycles. The predicted molar refractivity (Wildman–Crippen MR) is 120 cm³/mol. The van der Waals surface area contributed by atoms with Gasteiger partial charge in [-0.05, 0) is 42.4 Å². The van der Waals surface area contributed by atoms with Gasteiger partial charge in [0.25, 0.3) is 11.8 Å². The van der Waals surface area contributed by atoms with E-state index in [2.05, 4.69) is 11.8 Å². The van der Waals surface area contributed by atoms with Crippen LogP contribution in [0, 0.1) is 5.82 Å². The monoisotopic (exact) mass is 422 g/mol. The minimum atomic E-state index is -0.380. The maximum Gasteiger partial charge on any atom is 0.282 e. The van der Waals surface area contributed by atoms with E-state index < -0.39 is 0 Å². The molecule has 0 spiro atoms. The van der Waals surface area contributed by atoms with Crippen molar-refractivity contribution in [2.45, 2.75) is 6.92 Å². The summed E-state index contributed by atoms with van der Waals surface area (Å²) in [5.74, 6) is -1.08. The number of imide groups is 1. The molecule has 0 aromatic heterocycles. The molecule has 2 aliphatic rings. The van der Waals surface area contributed by atoms with Crippen LogP contribution in [0.4, 0.5) is 15.8 Å². The fourth-order valence-electron chi connectivity index (χ4n) is 4.12. The summed E-state index contributed by atoms with van der Waals surface area (Å²) >= 11 is 0. The topological polar surface area (TPSA) is 47.1 Å². The van der Waals surface area contributed by atoms with Crippen molar-refractivity contribution in [3.05, 3.63) is 65.6 Å². The maximum atomic E-state index is 13.6. The molecule has 0 unspecified atom stereocenters. The first-order chi connectivity index (χ1) is 14.9.